The van der Waals surface area contributed by atoms with E-state index in [9.17, 15) is 0 Å². The van der Waals surface area contributed by atoms with Gasteiger partial charge in [-0.05, 0) is 12.8 Å². The smallest absolute Gasteiger partial charge is 0.0830 e. The quantitative estimate of drug-likeness (QED) is 0.562. The van der Waals surface area contributed by atoms with E-state index in [1.165, 1.54) is 0 Å². The first-order valence-electron chi connectivity index (χ1n) is 3.73. The molecule has 1 unspecified atom stereocenters. The Kier molecular flexibility index (Phi) is 3.72. The summed E-state index contributed by atoms with van der Waals surface area (Å²) >= 11 is 0. The van der Waals surface area contributed by atoms with E-state index in [4.69, 9.17) is 14.6 Å². The number of rotatable bonds is 5. The summed E-state index contributed by atoms with van der Waals surface area (Å²) in [4.78, 5) is 0. The minimum absolute atomic E-state index is 0.214. The number of hydrogen-bond donors (Lipinski definition) is 1. The summed E-state index contributed by atoms with van der Waals surface area (Å²) < 4.78 is 10.3. The van der Waals surface area contributed by atoms with E-state index in [2.05, 4.69) is 0 Å². The van der Waals surface area contributed by atoms with Crippen molar-refractivity contribution in [3.05, 3.63) is 0 Å². The monoisotopic (exact) mass is 146 g/mol. The van der Waals surface area contributed by atoms with Gasteiger partial charge in [-0.15, -0.1) is 0 Å². The van der Waals surface area contributed by atoms with Crippen LogP contribution in [0.5, 0.6) is 0 Å². The van der Waals surface area contributed by atoms with Crippen molar-refractivity contribution in [2.24, 2.45) is 0 Å². The fraction of sp³-hybridized carbons (Fsp3) is 1.00. The Bertz CT molecular complexity index is 80.9. The van der Waals surface area contributed by atoms with Gasteiger partial charge in [-0.2, -0.15) is 0 Å². The number of aliphatic hydroxyl groups excluding tert-OH is 1. The van der Waals surface area contributed by atoms with Crippen LogP contribution in [0.3, 0.4) is 0 Å². The Morgan fingerprint density at radius 1 is 1.60 bits per heavy atom. The molecule has 10 heavy (non-hydrogen) atoms. The summed E-state index contributed by atoms with van der Waals surface area (Å²) in [5.41, 5.74) is 0. The minimum atomic E-state index is 0.214. The highest BCUT2D eigenvalue weighted by Crippen LogP contribution is 2.10. The molecule has 3 heteroatoms. The molecular weight excluding hydrogens is 132 g/mol. The Hall–Kier alpha value is -0.120. The molecule has 0 bridgehead atoms. The van der Waals surface area contributed by atoms with E-state index in [0.717, 1.165) is 19.4 Å². The molecule has 0 saturated carbocycles. The SMILES string of the molecule is OCCCOCC1CCO1. The lowest BCUT2D eigenvalue weighted by Crippen LogP contribution is -2.31. The molecule has 0 amide bonds. The molecule has 1 N–H and O–H groups in total. The zero-order chi connectivity index (χ0) is 7.23. The zero-order valence-electron chi connectivity index (χ0n) is 6.08. The van der Waals surface area contributed by atoms with Crippen molar-refractivity contribution >= 4 is 0 Å². The van der Waals surface area contributed by atoms with E-state index in [-0.39, 0.29) is 6.61 Å². The molecule has 60 valence electrons. The largest absolute Gasteiger partial charge is 0.396 e. The first kappa shape index (κ1) is 7.98. The maximum absolute atomic E-state index is 8.39. The molecule has 1 aliphatic heterocycles. The molecule has 1 atom stereocenters. The molecule has 1 saturated heterocycles. The van der Waals surface area contributed by atoms with Gasteiger partial charge in [0.05, 0.1) is 12.7 Å². The highest BCUT2D eigenvalue weighted by Gasteiger charge is 2.17. The molecule has 3 nitrogen and oxygen atoms in total. The fourth-order valence-electron chi connectivity index (χ4n) is 0.797. The molecule has 0 aromatic rings. The van der Waals surface area contributed by atoms with Gasteiger partial charge in [0.1, 0.15) is 0 Å². The minimum Gasteiger partial charge on any atom is -0.396 e. The van der Waals surface area contributed by atoms with E-state index < -0.39 is 0 Å². The van der Waals surface area contributed by atoms with Crippen LogP contribution in [0.1, 0.15) is 12.8 Å². The molecule has 1 fully saturated rings. The second-order valence-corrected chi connectivity index (χ2v) is 2.43. The lowest BCUT2D eigenvalue weighted by molar-refractivity contribution is -0.0945. The van der Waals surface area contributed by atoms with Gasteiger partial charge >= 0.3 is 0 Å². The lowest BCUT2D eigenvalue weighted by atomic mass is 10.2. The lowest BCUT2D eigenvalue weighted by Gasteiger charge is -2.25. The van der Waals surface area contributed by atoms with Gasteiger partial charge in [0.2, 0.25) is 0 Å². The molecule has 1 rings (SSSR count). The van der Waals surface area contributed by atoms with Gasteiger partial charge < -0.3 is 14.6 Å². The third kappa shape index (κ3) is 2.64. The highest BCUT2D eigenvalue weighted by molar-refractivity contribution is 4.64. The second kappa shape index (κ2) is 4.66. The molecule has 0 aromatic carbocycles. The van der Waals surface area contributed by atoms with Crippen LogP contribution in [0.25, 0.3) is 0 Å². The Morgan fingerprint density at radius 3 is 2.90 bits per heavy atom. The first-order valence-corrected chi connectivity index (χ1v) is 3.73. The summed E-state index contributed by atoms with van der Waals surface area (Å²) in [6.45, 7) is 2.44. The van der Waals surface area contributed by atoms with Crippen molar-refractivity contribution < 1.29 is 14.6 Å². The highest BCUT2D eigenvalue weighted by atomic mass is 16.5. The average molecular weight is 146 g/mol. The van der Waals surface area contributed by atoms with E-state index >= 15 is 0 Å². The number of ether oxygens (including phenoxy) is 2. The Labute approximate surface area is 60.9 Å². The third-order valence-corrected chi connectivity index (χ3v) is 1.54. The van der Waals surface area contributed by atoms with Gasteiger partial charge in [0.25, 0.3) is 0 Å². The van der Waals surface area contributed by atoms with Crippen LogP contribution in [0.15, 0.2) is 0 Å². The van der Waals surface area contributed by atoms with Gasteiger partial charge in [0, 0.05) is 19.8 Å². The van der Waals surface area contributed by atoms with Crippen molar-refractivity contribution in [3.8, 4) is 0 Å². The van der Waals surface area contributed by atoms with Crippen molar-refractivity contribution in [2.75, 3.05) is 26.4 Å². The van der Waals surface area contributed by atoms with E-state index in [1.807, 2.05) is 0 Å². The summed E-state index contributed by atoms with van der Waals surface area (Å²) in [7, 11) is 0. The van der Waals surface area contributed by atoms with Crippen LogP contribution in [-0.4, -0.2) is 37.6 Å². The van der Waals surface area contributed by atoms with Crippen molar-refractivity contribution in [3.63, 3.8) is 0 Å². The first-order chi connectivity index (χ1) is 4.93. The number of aliphatic hydroxyl groups is 1. The fourth-order valence-corrected chi connectivity index (χ4v) is 0.797. The van der Waals surface area contributed by atoms with Crippen molar-refractivity contribution in [2.45, 2.75) is 18.9 Å². The van der Waals surface area contributed by atoms with Crippen LogP contribution in [0.4, 0.5) is 0 Å². The molecule has 0 aromatic heterocycles. The van der Waals surface area contributed by atoms with Crippen molar-refractivity contribution in [1.82, 2.24) is 0 Å². The van der Waals surface area contributed by atoms with Crippen molar-refractivity contribution in [1.29, 1.82) is 0 Å². The Balaban J connectivity index is 1.76. The predicted octanol–water partition coefficient (Wildman–Crippen LogP) is 0.174. The third-order valence-electron chi connectivity index (χ3n) is 1.54. The molecule has 0 radical (unpaired) electrons. The summed E-state index contributed by atoms with van der Waals surface area (Å²) in [6, 6.07) is 0. The summed E-state index contributed by atoms with van der Waals surface area (Å²) in [5, 5.41) is 8.39. The van der Waals surface area contributed by atoms with E-state index in [0.29, 0.717) is 19.3 Å². The van der Waals surface area contributed by atoms with E-state index in [1.54, 1.807) is 0 Å². The van der Waals surface area contributed by atoms with Crippen LogP contribution < -0.4 is 0 Å². The molecule has 1 aliphatic rings. The molecular formula is C7H14O3. The average Bonchev–Trinajstić information content (AvgIpc) is 1.84. The maximum Gasteiger partial charge on any atom is 0.0830 e. The number of hydrogen-bond acceptors (Lipinski definition) is 3. The standard InChI is InChI=1S/C7H14O3/c8-3-1-4-9-6-7-2-5-10-7/h7-8H,1-6H2. The molecule has 1 heterocycles. The Morgan fingerprint density at radius 2 is 2.40 bits per heavy atom. The van der Waals surface area contributed by atoms with Crippen LogP contribution >= 0.6 is 0 Å². The van der Waals surface area contributed by atoms with Crippen LogP contribution in [0.2, 0.25) is 0 Å². The van der Waals surface area contributed by atoms with Gasteiger partial charge in [-0.3, -0.25) is 0 Å². The zero-order valence-corrected chi connectivity index (χ0v) is 6.08. The topological polar surface area (TPSA) is 38.7 Å². The molecule has 0 aliphatic carbocycles. The normalized spacial score (nSPS) is 24.3. The second-order valence-electron chi connectivity index (χ2n) is 2.43. The maximum atomic E-state index is 8.39. The molecule has 0 spiro atoms. The van der Waals surface area contributed by atoms with Gasteiger partial charge in [-0.1, -0.05) is 0 Å². The van der Waals surface area contributed by atoms with Gasteiger partial charge in [0.15, 0.2) is 0 Å². The summed E-state index contributed by atoms with van der Waals surface area (Å²) in [5.74, 6) is 0. The van der Waals surface area contributed by atoms with Crippen LogP contribution in [-0.2, 0) is 9.47 Å². The van der Waals surface area contributed by atoms with Gasteiger partial charge in [-0.25, -0.2) is 0 Å². The van der Waals surface area contributed by atoms with Crippen LogP contribution in [0, 0.1) is 0 Å². The summed E-state index contributed by atoms with van der Waals surface area (Å²) in [6.07, 6.45) is 2.19. The predicted molar refractivity (Wildman–Crippen MR) is 36.9 cm³/mol.